The van der Waals surface area contributed by atoms with Crippen LogP contribution in [-0.2, 0) is 11.3 Å². The number of unbranched alkanes of at least 4 members (excludes halogenated alkanes) is 1. The maximum atomic E-state index is 11.9. The van der Waals surface area contributed by atoms with Crippen LogP contribution < -0.4 is 11.0 Å². The highest BCUT2D eigenvalue weighted by molar-refractivity contribution is 7.99. The highest BCUT2D eigenvalue weighted by Gasteiger charge is 2.11. The minimum Gasteiger partial charge on any atom is -0.325 e. The zero-order valence-electron chi connectivity index (χ0n) is 11.8. The van der Waals surface area contributed by atoms with Crippen LogP contribution >= 0.6 is 11.8 Å². The number of hydrogen-bond donors (Lipinski definition) is 2. The maximum absolute atomic E-state index is 11.9. The summed E-state index contributed by atoms with van der Waals surface area (Å²) in [5.41, 5.74) is 0.530. The van der Waals surface area contributed by atoms with Crippen LogP contribution in [0.25, 0.3) is 0 Å². The molecule has 0 radical (unpaired) electrons. The Morgan fingerprint density at radius 1 is 1.38 bits per heavy atom. The summed E-state index contributed by atoms with van der Waals surface area (Å²) in [4.78, 5) is 23.5. The normalized spacial score (nSPS) is 10.5. The number of amides is 1. The molecule has 0 aliphatic carbocycles. The molecule has 0 spiro atoms. The fourth-order valence-corrected chi connectivity index (χ4v) is 2.55. The number of benzene rings is 1. The van der Waals surface area contributed by atoms with Crippen LogP contribution in [0.5, 0.6) is 0 Å². The largest absolute Gasteiger partial charge is 0.343 e. The lowest BCUT2D eigenvalue weighted by atomic mass is 10.3. The van der Waals surface area contributed by atoms with E-state index in [9.17, 15) is 9.59 Å². The van der Waals surface area contributed by atoms with Crippen LogP contribution in [0.2, 0.25) is 0 Å². The molecule has 2 N–H and O–H groups in total. The number of hydrogen-bond acceptors (Lipinski definition) is 4. The van der Waals surface area contributed by atoms with Gasteiger partial charge in [-0.05, 0) is 18.6 Å². The van der Waals surface area contributed by atoms with Crippen molar-refractivity contribution in [1.82, 2.24) is 14.8 Å². The SMILES string of the molecule is CCCCn1c(SCC(=O)Nc2ccccc2)n[nH]c1=O. The fourth-order valence-electron chi connectivity index (χ4n) is 1.78. The highest BCUT2D eigenvalue weighted by atomic mass is 32.2. The molecule has 0 saturated carbocycles. The van der Waals surface area contributed by atoms with Crippen LogP contribution in [0.4, 0.5) is 5.69 Å². The molecular weight excluding hydrogens is 288 g/mol. The first-order valence-electron chi connectivity index (χ1n) is 6.83. The van der Waals surface area contributed by atoms with E-state index in [4.69, 9.17) is 0 Å². The monoisotopic (exact) mass is 306 g/mol. The lowest BCUT2D eigenvalue weighted by Gasteiger charge is -2.05. The molecule has 6 nitrogen and oxygen atoms in total. The number of rotatable bonds is 7. The third-order valence-corrected chi connectivity index (χ3v) is 3.82. The number of aromatic amines is 1. The second-order valence-corrected chi connectivity index (χ2v) is 5.46. The Hall–Kier alpha value is -2.02. The second-order valence-electron chi connectivity index (χ2n) is 4.52. The molecule has 2 aromatic rings. The maximum Gasteiger partial charge on any atom is 0.343 e. The number of aromatic nitrogens is 3. The van der Waals surface area contributed by atoms with Gasteiger partial charge in [0.1, 0.15) is 0 Å². The minimum atomic E-state index is -0.227. The molecule has 112 valence electrons. The molecule has 21 heavy (non-hydrogen) atoms. The van der Waals surface area contributed by atoms with Gasteiger partial charge in [0.05, 0.1) is 5.75 Å². The van der Waals surface area contributed by atoms with Gasteiger partial charge in [0.15, 0.2) is 5.16 Å². The summed E-state index contributed by atoms with van der Waals surface area (Å²) in [5, 5.41) is 9.73. The summed E-state index contributed by atoms with van der Waals surface area (Å²) >= 11 is 1.25. The Bertz CT molecular complexity index is 636. The highest BCUT2D eigenvalue weighted by Crippen LogP contribution is 2.14. The lowest BCUT2D eigenvalue weighted by Crippen LogP contribution is -2.19. The standard InChI is InChI=1S/C14H18N4O2S/c1-2-3-9-18-13(20)16-17-14(18)21-10-12(19)15-11-7-5-4-6-8-11/h4-8H,2-3,9-10H2,1H3,(H,15,19)(H,16,20). The third-order valence-electron chi connectivity index (χ3n) is 2.85. The van der Waals surface area contributed by atoms with Gasteiger partial charge in [0.25, 0.3) is 0 Å². The number of thioether (sulfide) groups is 1. The van der Waals surface area contributed by atoms with Crippen LogP contribution in [0.3, 0.4) is 0 Å². The van der Waals surface area contributed by atoms with Crippen LogP contribution in [0.1, 0.15) is 19.8 Å². The van der Waals surface area contributed by atoms with Gasteiger partial charge >= 0.3 is 5.69 Å². The van der Waals surface area contributed by atoms with E-state index in [1.54, 1.807) is 4.57 Å². The number of carbonyl (C=O) groups is 1. The molecule has 0 saturated heterocycles. The van der Waals surface area contributed by atoms with Gasteiger partial charge in [-0.3, -0.25) is 9.36 Å². The molecule has 1 aromatic heterocycles. The van der Waals surface area contributed by atoms with Crippen molar-refractivity contribution >= 4 is 23.4 Å². The van der Waals surface area contributed by atoms with E-state index < -0.39 is 0 Å². The Morgan fingerprint density at radius 2 is 2.14 bits per heavy atom. The van der Waals surface area contributed by atoms with Crippen molar-refractivity contribution in [2.75, 3.05) is 11.1 Å². The molecule has 0 aliphatic rings. The molecule has 0 atom stereocenters. The van der Waals surface area contributed by atoms with Crippen LogP contribution in [-0.4, -0.2) is 26.4 Å². The Kier molecular flexibility index (Phi) is 5.62. The molecule has 2 rings (SSSR count). The summed E-state index contributed by atoms with van der Waals surface area (Å²) < 4.78 is 1.57. The third kappa shape index (κ3) is 4.49. The minimum absolute atomic E-state index is 0.122. The van der Waals surface area contributed by atoms with Gasteiger partial charge < -0.3 is 5.32 Å². The van der Waals surface area contributed by atoms with Gasteiger partial charge in [0, 0.05) is 12.2 Å². The molecule has 0 fully saturated rings. The molecule has 0 unspecified atom stereocenters. The van der Waals surface area contributed by atoms with Crippen molar-refractivity contribution in [3.63, 3.8) is 0 Å². The zero-order valence-corrected chi connectivity index (χ0v) is 12.7. The zero-order chi connectivity index (χ0) is 15.1. The van der Waals surface area contributed by atoms with Crippen molar-refractivity contribution in [3.8, 4) is 0 Å². The molecule has 1 aromatic carbocycles. The van der Waals surface area contributed by atoms with Crippen molar-refractivity contribution in [1.29, 1.82) is 0 Å². The second kappa shape index (κ2) is 7.68. The predicted molar refractivity (Wildman–Crippen MR) is 83.6 cm³/mol. The Balaban J connectivity index is 1.91. The molecule has 1 amide bonds. The number of nitrogens with one attached hydrogen (secondary N) is 2. The van der Waals surface area contributed by atoms with Crippen molar-refractivity contribution in [2.24, 2.45) is 0 Å². The first-order chi connectivity index (χ1) is 10.2. The number of anilines is 1. The van der Waals surface area contributed by atoms with Gasteiger partial charge in [-0.15, -0.1) is 5.10 Å². The number of carbonyl (C=O) groups excluding carboxylic acids is 1. The van der Waals surface area contributed by atoms with Crippen LogP contribution in [0.15, 0.2) is 40.3 Å². The van der Waals surface area contributed by atoms with E-state index in [1.165, 1.54) is 11.8 Å². The van der Waals surface area contributed by atoms with Gasteiger partial charge in [-0.25, -0.2) is 9.89 Å². The molecule has 7 heteroatoms. The number of nitrogens with zero attached hydrogens (tertiary/aromatic N) is 2. The molecule has 0 aliphatic heterocycles. The number of H-pyrrole nitrogens is 1. The summed E-state index contributed by atoms with van der Waals surface area (Å²) in [6.07, 6.45) is 1.90. The van der Waals surface area contributed by atoms with Crippen molar-refractivity contribution < 1.29 is 4.79 Å². The van der Waals surface area contributed by atoms with E-state index in [-0.39, 0.29) is 17.3 Å². The first kappa shape index (κ1) is 15.4. The lowest BCUT2D eigenvalue weighted by molar-refractivity contribution is -0.113. The van der Waals surface area contributed by atoms with E-state index in [2.05, 4.69) is 22.4 Å². The van der Waals surface area contributed by atoms with Gasteiger partial charge in [-0.1, -0.05) is 43.3 Å². The summed E-state index contributed by atoms with van der Waals surface area (Å²) in [6, 6.07) is 9.26. The van der Waals surface area contributed by atoms with E-state index in [0.29, 0.717) is 11.7 Å². The van der Waals surface area contributed by atoms with E-state index in [0.717, 1.165) is 18.5 Å². The fraction of sp³-hybridized carbons (Fsp3) is 0.357. The Morgan fingerprint density at radius 3 is 2.86 bits per heavy atom. The first-order valence-corrected chi connectivity index (χ1v) is 7.82. The summed E-state index contributed by atoms with van der Waals surface area (Å²) in [7, 11) is 0. The number of para-hydroxylation sites is 1. The smallest absolute Gasteiger partial charge is 0.325 e. The average Bonchev–Trinajstić information content (AvgIpc) is 2.84. The summed E-state index contributed by atoms with van der Waals surface area (Å²) in [6.45, 7) is 2.68. The molecular formula is C14H18N4O2S. The van der Waals surface area contributed by atoms with Crippen molar-refractivity contribution in [3.05, 3.63) is 40.8 Å². The molecule has 1 heterocycles. The van der Waals surface area contributed by atoms with E-state index in [1.807, 2.05) is 30.3 Å². The van der Waals surface area contributed by atoms with Gasteiger partial charge in [-0.2, -0.15) is 0 Å². The van der Waals surface area contributed by atoms with Crippen molar-refractivity contribution in [2.45, 2.75) is 31.5 Å². The molecule has 0 bridgehead atoms. The predicted octanol–water partition coefficient (Wildman–Crippen LogP) is 2.10. The van der Waals surface area contributed by atoms with Crippen LogP contribution in [0, 0.1) is 0 Å². The van der Waals surface area contributed by atoms with Gasteiger partial charge in [0.2, 0.25) is 5.91 Å². The van der Waals surface area contributed by atoms with E-state index >= 15 is 0 Å². The topological polar surface area (TPSA) is 79.8 Å². The summed E-state index contributed by atoms with van der Waals surface area (Å²) in [5.74, 6) is 0.0920. The Labute approximate surface area is 127 Å². The quantitative estimate of drug-likeness (QED) is 0.768. The average molecular weight is 306 g/mol.